The summed E-state index contributed by atoms with van der Waals surface area (Å²) in [5.41, 5.74) is 3.76. The van der Waals surface area contributed by atoms with Crippen molar-refractivity contribution in [3.05, 3.63) is 29.8 Å². The van der Waals surface area contributed by atoms with Gasteiger partial charge < -0.3 is 0 Å². The van der Waals surface area contributed by atoms with Crippen LogP contribution >= 0.6 is 0 Å². The lowest BCUT2D eigenvalue weighted by Crippen LogP contribution is -2.46. The first-order chi connectivity index (χ1) is 10.3. The van der Waals surface area contributed by atoms with Crippen LogP contribution in [0.25, 0.3) is 0 Å². The fourth-order valence-corrected chi connectivity index (χ4v) is 4.00. The summed E-state index contributed by atoms with van der Waals surface area (Å²) in [5, 5.41) is 1.61. The van der Waals surface area contributed by atoms with E-state index in [2.05, 4.69) is 5.43 Å². The van der Waals surface area contributed by atoms with E-state index < -0.39 is 10.0 Å². The SMILES string of the molecule is Cc1ccc(S(=O)(=O)N2CCC(C(=O)NN(C)C)CC2)cc1. The number of piperidine rings is 1. The molecule has 2 rings (SSSR count). The molecule has 0 aliphatic carbocycles. The van der Waals surface area contributed by atoms with E-state index in [0.29, 0.717) is 30.8 Å². The number of sulfonamides is 1. The third-order valence-electron chi connectivity index (χ3n) is 3.82. The summed E-state index contributed by atoms with van der Waals surface area (Å²) in [6.45, 7) is 2.68. The monoisotopic (exact) mass is 325 g/mol. The molecule has 22 heavy (non-hydrogen) atoms. The summed E-state index contributed by atoms with van der Waals surface area (Å²) in [7, 11) is 0.0579. The second-order valence-corrected chi connectivity index (χ2v) is 7.80. The number of carbonyl (C=O) groups is 1. The zero-order valence-electron chi connectivity index (χ0n) is 13.2. The van der Waals surface area contributed by atoms with E-state index in [-0.39, 0.29) is 11.8 Å². The van der Waals surface area contributed by atoms with Crippen LogP contribution in [0.15, 0.2) is 29.2 Å². The number of hydrazine groups is 1. The lowest BCUT2D eigenvalue weighted by Gasteiger charge is -2.31. The van der Waals surface area contributed by atoms with Gasteiger partial charge in [-0.05, 0) is 31.9 Å². The first-order valence-electron chi connectivity index (χ1n) is 7.35. The van der Waals surface area contributed by atoms with Crippen LogP contribution in [-0.4, -0.2) is 50.8 Å². The van der Waals surface area contributed by atoms with Gasteiger partial charge in [0, 0.05) is 33.1 Å². The topological polar surface area (TPSA) is 69.7 Å². The Labute approximate surface area is 132 Å². The van der Waals surface area contributed by atoms with Crippen LogP contribution in [0.2, 0.25) is 0 Å². The maximum Gasteiger partial charge on any atom is 0.243 e. The summed E-state index contributed by atoms with van der Waals surface area (Å²) in [6.07, 6.45) is 1.09. The van der Waals surface area contributed by atoms with Crippen molar-refractivity contribution in [3.8, 4) is 0 Å². The van der Waals surface area contributed by atoms with Gasteiger partial charge in [-0.2, -0.15) is 4.31 Å². The number of nitrogens with zero attached hydrogens (tertiary/aromatic N) is 2. The molecule has 1 aliphatic heterocycles. The number of nitrogens with one attached hydrogen (secondary N) is 1. The first-order valence-corrected chi connectivity index (χ1v) is 8.79. The maximum absolute atomic E-state index is 12.6. The summed E-state index contributed by atoms with van der Waals surface area (Å²) >= 11 is 0. The van der Waals surface area contributed by atoms with Crippen molar-refractivity contribution < 1.29 is 13.2 Å². The average Bonchev–Trinajstić information content (AvgIpc) is 2.47. The Morgan fingerprint density at radius 2 is 1.73 bits per heavy atom. The lowest BCUT2D eigenvalue weighted by atomic mass is 9.98. The summed E-state index contributed by atoms with van der Waals surface area (Å²) in [5.74, 6) is -0.177. The minimum Gasteiger partial charge on any atom is -0.289 e. The second kappa shape index (κ2) is 6.76. The van der Waals surface area contributed by atoms with E-state index in [1.165, 1.54) is 4.31 Å². The number of rotatable bonds is 4. The molecule has 6 nitrogen and oxygen atoms in total. The van der Waals surface area contributed by atoms with Crippen LogP contribution in [0.1, 0.15) is 18.4 Å². The molecular weight excluding hydrogens is 302 g/mol. The highest BCUT2D eigenvalue weighted by Crippen LogP contribution is 2.24. The van der Waals surface area contributed by atoms with Crippen molar-refractivity contribution in [1.82, 2.24) is 14.7 Å². The molecule has 1 saturated heterocycles. The fourth-order valence-electron chi connectivity index (χ4n) is 2.53. The van der Waals surface area contributed by atoms with Crippen LogP contribution in [0.3, 0.4) is 0 Å². The molecule has 1 heterocycles. The van der Waals surface area contributed by atoms with Crippen molar-refractivity contribution >= 4 is 15.9 Å². The third-order valence-corrected chi connectivity index (χ3v) is 5.73. The lowest BCUT2D eigenvalue weighted by molar-refractivity contribution is -0.130. The van der Waals surface area contributed by atoms with Gasteiger partial charge in [-0.3, -0.25) is 10.2 Å². The number of hydrogen-bond acceptors (Lipinski definition) is 4. The van der Waals surface area contributed by atoms with Crippen molar-refractivity contribution in [2.45, 2.75) is 24.7 Å². The van der Waals surface area contributed by atoms with Gasteiger partial charge in [-0.1, -0.05) is 17.7 Å². The largest absolute Gasteiger partial charge is 0.289 e. The van der Waals surface area contributed by atoms with Gasteiger partial charge in [0.25, 0.3) is 0 Å². The third kappa shape index (κ3) is 3.85. The average molecular weight is 325 g/mol. The molecular formula is C15H23N3O3S. The smallest absolute Gasteiger partial charge is 0.243 e. The summed E-state index contributed by atoms with van der Waals surface area (Å²) < 4.78 is 26.6. The van der Waals surface area contributed by atoms with Crippen molar-refractivity contribution in [3.63, 3.8) is 0 Å². The molecule has 0 saturated carbocycles. The molecule has 0 unspecified atom stereocenters. The zero-order valence-corrected chi connectivity index (χ0v) is 14.1. The second-order valence-electron chi connectivity index (χ2n) is 5.86. The number of benzene rings is 1. The Morgan fingerprint density at radius 3 is 2.23 bits per heavy atom. The number of hydrogen-bond donors (Lipinski definition) is 1. The van der Waals surface area contributed by atoms with Gasteiger partial charge in [-0.15, -0.1) is 0 Å². The Kier molecular flexibility index (Phi) is 5.20. The van der Waals surface area contributed by atoms with Gasteiger partial charge in [0.05, 0.1) is 4.90 Å². The van der Waals surface area contributed by atoms with Crippen LogP contribution in [0, 0.1) is 12.8 Å². The standard InChI is InChI=1S/C15H23N3O3S/c1-12-4-6-14(7-5-12)22(20,21)18-10-8-13(9-11-18)15(19)16-17(2)3/h4-7,13H,8-11H2,1-3H3,(H,16,19). The normalized spacial score (nSPS) is 17.6. The number of carbonyl (C=O) groups excluding carboxylic acids is 1. The quantitative estimate of drug-likeness (QED) is 0.838. The predicted molar refractivity (Wildman–Crippen MR) is 84.5 cm³/mol. The van der Waals surface area contributed by atoms with Crippen molar-refractivity contribution in [1.29, 1.82) is 0 Å². The molecule has 0 spiro atoms. The van der Waals surface area contributed by atoms with Crippen LogP contribution in [0.5, 0.6) is 0 Å². The van der Waals surface area contributed by atoms with Gasteiger partial charge in [0.1, 0.15) is 0 Å². The Hall–Kier alpha value is -1.44. The zero-order chi connectivity index (χ0) is 16.3. The molecule has 1 fully saturated rings. The maximum atomic E-state index is 12.6. The number of amides is 1. The predicted octanol–water partition coefficient (Wildman–Crippen LogP) is 0.989. The summed E-state index contributed by atoms with van der Waals surface area (Å²) in [6, 6.07) is 6.86. The highest BCUT2D eigenvalue weighted by atomic mass is 32.2. The van der Waals surface area contributed by atoms with Crippen LogP contribution in [0.4, 0.5) is 0 Å². The van der Waals surface area contributed by atoms with Gasteiger partial charge in [0.15, 0.2) is 0 Å². The highest BCUT2D eigenvalue weighted by Gasteiger charge is 2.32. The van der Waals surface area contributed by atoms with E-state index >= 15 is 0 Å². The molecule has 0 atom stereocenters. The minimum absolute atomic E-state index is 0.0441. The fraction of sp³-hybridized carbons (Fsp3) is 0.533. The van der Waals surface area contributed by atoms with E-state index in [9.17, 15) is 13.2 Å². The van der Waals surface area contributed by atoms with E-state index in [0.717, 1.165) is 5.56 Å². The van der Waals surface area contributed by atoms with Gasteiger partial charge in [-0.25, -0.2) is 13.4 Å². The molecule has 0 aromatic heterocycles. The van der Waals surface area contributed by atoms with Gasteiger partial charge in [0.2, 0.25) is 15.9 Å². The molecule has 0 bridgehead atoms. The van der Waals surface area contributed by atoms with Crippen molar-refractivity contribution in [2.75, 3.05) is 27.2 Å². The van der Waals surface area contributed by atoms with E-state index in [1.54, 1.807) is 43.4 Å². The highest BCUT2D eigenvalue weighted by molar-refractivity contribution is 7.89. The Bertz CT molecular complexity index is 618. The molecule has 1 aromatic carbocycles. The number of aryl methyl sites for hydroxylation is 1. The summed E-state index contributed by atoms with van der Waals surface area (Å²) in [4.78, 5) is 12.3. The molecule has 0 radical (unpaired) electrons. The molecule has 1 aliphatic rings. The molecule has 1 N–H and O–H groups in total. The molecule has 1 aromatic rings. The Morgan fingerprint density at radius 1 is 1.18 bits per heavy atom. The molecule has 1 amide bonds. The molecule has 7 heteroatoms. The Balaban J connectivity index is 2.01. The minimum atomic E-state index is -3.46. The van der Waals surface area contributed by atoms with E-state index in [4.69, 9.17) is 0 Å². The molecule has 122 valence electrons. The van der Waals surface area contributed by atoms with Crippen LogP contribution < -0.4 is 5.43 Å². The van der Waals surface area contributed by atoms with Crippen molar-refractivity contribution in [2.24, 2.45) is 5.92 Å². The van der Waals surface area contributed by atoms with Crippen LogP contribution in [-0.2, 0) is 14.8 Å². The van der Waals surface area contributed by atoms with Gasteiger partial charge >= 0.3 is 0 Å². The first kappa shape index (κ1) is 16.9. The van der Waals surface area contributed by atoms with E-state index in [1.807, 2.05) is 6.92 Å².